The third-order valence-electron chi connectivity index (χ3n) is 5.12. The molecule has 2 aromatic carbocycles. The van der Waals surface area contributed by atoms with E-state index in [1.54, 1.807) is 7.05 Å². The van der Waals surface area contributed by atoms with Crippen LogP contribution in [-0.4, -0.2) is 37.2 Å². The molecule has 2 aliphatic rings. The van der Waals surface area contributed by atoms with Gasteiger partial charge in [0.15, 0.2) is 17.5 Å². The highest BCUT2D eigenvalue weighted by Crippen LogP contribution is 2.32. The number of rotatable bonds is 6. The van der Waals surface area contributed by atoms with Gasteiger partial charge in [0.25, 0.3) is 0 Å². The highest BCUT2D eigenvalue weighted by Gasteiger charge is 2.20. The predicted octanol–water partition coefficient (Wildman–Crippen LogP) is 2.40. The van der Waals surface area contributed by atoms with Gasteiger partial charge < -0.3 is 25.0 Å². The van der Waals surface area contributed by atoms with Crippen LogP contribution in [0.5, 0.6) is 11.5 Å². The number of guanidine groups is 1. The maximum Gasteiger partial charge on any atom is 0.231 e. The molecule has 0 bridgehead atoms. The van der Waals surface area contributed by atoms with Gasteiger partial charge in [0, 0.05) is 39.6 Å². The van der Waals surface area contributed by atoms with E-state index in [2.05, 4.69) is 33.8 Å². The molecule has 2 heterocycles. The van der Waals surface area contributed by atoms with Crippen molar-refractivity contribution in [1.29, 1.82) is 0 Å². The summed E-state index contributed by atoms with van der Waals surface area (Å²) in [5.74, 6) is 2.54. The number of fused-ring (bicyclic) bond motifs is 1. The fourth-order valence-corrected chi connectivity index (χ4v) is 3.57. The molecule has 1 amide bonds. The van der Waals surface area contributed by atoms with Gasteiger partial charge in [-0.25, -0.2) is 0 Å². The van der Waals surface area contributed by atoms with Gasteiger partial charge in [-0.15, -0.1) is 0 Å². The van der Waals surface area contributed by atoms with Crippen LogP contribution in [-0.2, 0) is 24.4 Å². The number of amides is 1. The molecule has 0 unspecified atom stereocenters. The molecule has 0 atom stereocenters. The molecule has 1 fully saturated rings. The molecular weight excluding hydrogens is 368 g/mol. The number of aliphatic imine (C=N–C) groups is 1. The summed E-state index contributed by atoms with van der Waals surface area (Å²) in [6, 6.07) is 14.2. The van der Waals surface area contributed by atoms with Gasteiger partial charge in [0.05, 0.1) is 0 Å². The van der Waals surface area contributed by atoms with E-state index in [4.69, 9.17) is 9.47 Å². The van der Waals surface area contributed by atoms with Gasteiger partial charge in [-0.2, -0.15) is 0 Å². The highest BCUT2D eigenvalue weighted by molar-refractivity contribution is 5.79. The first-order valence-electron chi connectivity index (χ1n) is 9.90. The first kappa shape index (κ1) is 19.1. The van der Waals surface area contributed by atoms with Crippen LogP contribution in [0.15, 0.2) is 47.5 Å². The Bertz CT molecular complexity index is 913. The summed E-state index contributed by atoms with van der Waals surface area (Å²) in [4.78, 5) is 18.1. The van der Waals surface area contributed by atoms with E-state index in [0.29, 0.717) is 26.1 Å². The van der Waals surface area contributed by atoms with Gasteiger partial charge in [0.2, 0.25) is 12.7 Å². The van der Waals surface area contributed by atoms with Crippen LogP contribution in [0.1, 0.15) is 29.5 Å². The van der Waals surface area contributed by atoms with Crippen LogP contribution >= 0.6 is 0 Å². The van der Waals surface area contributed by atoms with Gasteiger partial charge >= 0.3 is 0 Å². The molecule has 1 saturated heterocycles. The van der Waals surface area contributed by atoms with Crippen LogP contribution in [0.3, 0.4) is 0 Å². The van der Waals surface area contributed by atoms with E-state index >= 15 is 0 Å². The Morgan fingerprint density at radius 1 is 1.03 bits per heavy atom. The lowest BCUT2D eigenvalue weighted by Crippen LogP contribution is -2.36. The largest absolute Gasteiger partial charge is 0.454 e. The minimum absolute atomic E-state index is 0.252. The van der Waals surface area contributed by atoms with Crippen molar-refractivity contribution in [3.63, 3.8) is 0 Å². The maximum atomic E-state index is 11.8. The summed E-state index contributed by atoms with van der Waals surface area (Å²) < 4.78 is 10.8. The quantitative estimate of drug-likeness (QED) is 0.581. The second kappa shape index (κ2) is 8.86. The normalized spacial score (nSPS) is 15.7. The lowest BCUT2D eigenvalue weighted by molar-refractivity contribution is -0.128. The number of ether oxygens (including phenoxy) is 2. The number of carbonyl (C=O) groups excluding carboxylic acids is 1. The lowest BCUT2D eigenvalue weighted by Gasteiger charge is -2.16. The molecule has 7 heteroatoms. The average molecular weight is 394 g/mol. The molecule has 7 nitrogen and oxygen atoms in total. The van der Waals surface area contributed by atoms with Crippen LogP contribution < -0.4 is 20.1 Å². The van der Waals surface area contributed by atoms with E-state index in [9.17, 15) is 4.79 Å². The van der Waals surface area contributed by atoms with Crippen LogP contribution in [0.2, 0.25) is 0 Å². The van der Waals surface area contributed by atoms with Gasteiger partial charge in [-0.05, 0) is 35.2 Å². The molecule has 2 N–H and O–H groups in total. The maximum absolute atomic E-state index is 11.8. The number of carbonyl (C=O) groups is 1. The molecule has 0 aromatic heterocycles. The van der Waals surface area contributed by atoms with Crippen LogP contribution in [0.4, 0.5) is 0 Å². The summed E-state index contributed by atoms with van der Waals surface area (Å²) in [7, 11) is 1.75. The lowest BCUT2D eigenvalue weighted by atomic mass is 10.1. The predicted molar refractivity (Wildman–Crippen MR) is 111 cm³/mol. The second-order valence-electron chi connectivity index (χ2n) is 7.21. The van der Waals surface area contributed by atoms with Crippen molar-refractivity contribution in [2.24, 2.45) is 4.99 Å². The van der Waals surface area contributed by atoms with Crippen molar-refractivity contribution in [2.75, 3.05) is 20.4 Å². The third kappa shape index (κ3) is 4.80. The number of nitrogens with one attached hydrogen (secondary N) is 2. The summed E-state index contributed by atoms with van der Waals surface area (Å²) in [5, 5.41) is 6.66. The van der Waals surface area contributed by atoms with Gasteiger partial charge in [-0.1, -0.05) is 30.3 Å². The Morgan fingerprint density at radius 3 is 2.55 bits per heavy atom. The smallest absolute Gasteiger partial charge is 0.231 e. The molecule has 152 valence electrons. The molecule has 2 aliphatic heterocycles. The fraction of sp³-hybridized carbons (Fsp3) is 0.364. The van der Waals surface area contributed by atoms with Crippen LogP contribution in [0.25, 0.3) is 0 Å². The standard InChI is InChI=1S/C22H26N4O3/c1-23-22(25-13-17-7-8-19-20(11-17)29-15-28-19)24-12-16-4-2-5-18(10-16)14-26-9-3-6-21(26)27/h2,4-5,7-8,10-11H,3,6,9,12-15H2,1H3,(H2,23,24,25). The Balaban J connectivity index is 1.29. The molecule has 0 spiro atoms. The minimum Gasteiger partial charge on any atom is -0.454 e. The summed E-state index contributed by atoms with van der Waals surface area (Å²) in [5.41, 5.74) is 3.40. The van der Waals surface area contributed by atoms with E-state index in [-0.39, 0.29) is 12.7 Å². The second-order valence-corrected chi connectivity index (χ2v) is 7.21. The van der Waals surface area contributed by atoms with Gasteiger partial charge in [-0.3, -0.25) is 9.79 Å². The summed E-state index contributed by atoms with van der Waals surface area (Å²) in [6.45, 7) is 3.11. The summed E-state index contributed by atoms with van der Waals surface area (Å²) in [6.07, 6.45) is 1.64. The topological polar surface area (TPSA) is 75.2 Å². The van der Waals surface area contributed by atoms with Crippen LogP contribution in [0, 0.1) is 0 Å². The average Bonchev–Trinajstić information content (AvgIpc) is 3.37. The highest BCUT2D eigenvalue weighted by atomic mass is 16.7. The fourth-order valence-electron chi connectivity index (χ4n) is 3.57. The SMILES string of the molecule is CN=C(NCc1cccc(CN2CCCC2=O)c1)NCc1ccc2c(c1)OCO2. The molecule has 29 heavy (non-hydrogen) atoms. The molecule has 0 radical (unpaired) electrons. The third-order valence-corrected chi connectivity index (χ3v) is 5.12. The minimum atomic E-state index is 0.252. The zero-order chi connectivity index (χ0) is 20.1. The van der Waals surface area contributed by atoms with Crippen molar-refractivity contribution in [2.45, 2.75) is 32.5 Å². The van der Waals surface area contributed by atoms with Crippen molar-refractivity contribution in [1.82, 2.24) is 15.5 Å². The number of hydrogen-bond acceptors (Lipinski definition) is 4. The zero-order valence-electron chi connectivity index (χ0n) is 16.6. The Kier molecular flexibility index (Phi) is 5.84. The molecular formula is C22H26N4O3. The van der Waals surface area contributed by atoms with E-state index < -0.39 is 0 Å². The van der Waals surface area contributed by atoms with Crippen molar-refractivity contribution in [3.8, 4) is 11.5 Å². The molecule has 4 rings (SSSR count). The first-order chi connectivity index (χ1) is 14.2. The van der Waals surface area contributed by atoms with Crippen molar-refractivity contribution in [3.05, 3.63) is 59.2 Å². The Hall–Kier alpha value is -3.22. The molecule has 2 aromatic rings. The van der Waals surface area contributed by atoms with Crippen molar-refractivity contribution >= 4 is 11.9 Å². The Morgan fingerprint density at radius 2 is 1.79 bits per heavy atom. The summed E-state index contributed by atoms with van der Waals surface area (Å²) >= 11 is 0. The molecule has 0 saturated carbocycles. The Labute approximate surface area is 170 Å². The zero-order valence-corrected chi connectivity index (χ0v) is 16.6. The van der Waals surface area contributed by atoms with E-state index in [1.165, 1.54) is 0 Å². The number of likely N-dealkylation sites (tertiary alicyclic amines) is 1. The van der Waals surface area contributed by atoms with E-state index in [1.807, 2.05) is 29.2 Å². The number of benzene rings is 2. The first-order valence-corrected chi connectivity index (χ1v) is 9.90. The number of nitrogens with zero attached hydrogens (tertiary/aromatic N) is 2. The molecule has 0 aliphatic carbocycles. The van der Waals surface area contributed by atoms with Gasteiger partial charge in [0.1, 0.15) is 0 Å². The monoisotopic (exact) mass is 394 g/mol. The van der Waals surface area contributed by atoms with Crippen molar-refractivity contribution < 1.29 is 14.3 Å². The van der Waals surface area contributed by atoms with E-state index in [0.717, 1.165) is 47.1 Å². The number of hydrogen-bond donors (Lipinski definition) is 2.